The largest absolute Gasteiger partial charge is 0.304 e. The molecule has 2 rings (SSSR count). The minimum Gasteiger partial charge on any atom is -0.304 e. The van der Waals surface area contributed by atoms with Gasteiger partial charge in [0.1, 0.15) is 0 Å². The molecule has 0 unspecified atom stereocenters. The zero-order chi connectivity index (χ0) is 14.2. The SMILES string of the molecule is Cc1ccc(C)c2c1C(=O)C(=O)N2CCCC(C)C. The van der Waals surface area contributed by atoms with Crippen molar-refractivity contribution >= 4 is 17.4 Å². The third kappa shape index (κ3) is 2.42. The topological polar surface area (TPSA) is 37.4 Å². The van der Waals surface area contributed by atoms with E-state index in [2.05, 4.69) is 13.8 Å². The van der Waals surface area contributed by atoms with Crippen LogP contribution in [0.4, 0.5) is 5.69 Å². The molecule has 0 saturated heterocycles. The van der Waals surface area contributed by atoms with Crippen molar-refractivity contribution in [3.63, 3.8) is 0 Å². The summed E-state index contributed by atoms with van der Waals surface area (Å²) in [6.07, 6.45) is 2.00. The van der Waals surface area contributed by atoms with E-state index in [4.69, 9.17) is 0 Å². The van der Waals surface area contributed by atoms with E-state index in [9.17, 15) is 9.59 Å². The summed E-state index contributed by atoms with van der Waals surface area (Å²) in [5.74, 6) is -0.0941. The third-order valence-corrected chi connectivity index (χ3v) is 3.69. The maximum atomic E-state index is 12.1. The van der Waals surface area contributed by atoms with E-state index >= 15 is 0 Å². The standard InChI is InChI=1S/C16H21NO2/c1-10(2)6-5-9-17-14-12(4)8-7-11(3)13(14)15(18)16(17)19/h7-8,10H,5-6,9H2,1-4H3. The lowest BCUT2D eigenvalue weighted by molar-refractivity contribution is -0.114. The van der Waals surface area contributed by atoms with Gasteiger partial charge in [0.25, 0.3) is 11.7 Å². The van der Waals surface area contributed by atoms with Gasteiger partial charge in [-0.05, 0) is 43.7 Å². The summed E-state index contributed by atoms with van der Waals surface area (Å²) in [6, 6.07) is 3.90. The lowest BCUT2D eigenvalue weighted by atomic mass is 10.0. The van der Waals surface area contributed by atoms with Gasteiger partial charge >= 0.3 is 0 Å². The average Bonchev–Trinajstić information content (AvgIpc) is 2.59. The van der Waals surface area contributed by atoms with Gasteiger partial charge in [-0.3, -0.25) is 9.59 Å². The summed E-state index contributed by atoms with van der Waals surface area (Å²) in [5, 5.41) is 0. The number of benzene rings is 1. The Bertz CT molecular complexity index is 532. The lowest BCUT2D eigenvalue weighted by Crippen LogP contribution is -2.31. The highest BCUT2D eigenvalue weighted by atomic mass is 16.2. The Morgan fingerprint density at radius 3 is 2.37 bits per heavy atom. The van der Waals surface area contributed by atoms with Crippen molar-refractivity contribution in [1.82, 2.24) is 0 Å². The molecular weight excluding hydrogens is 238 g/mol. The molecule has 0 spiro atoms. The molecule has 0 fully saturated rings. The van der Waals surface area contributed by atoms with Crippen LogP contribution in [0.5, 0.6) is 0 Å². The van der Waals surface area contributed by atoms with Crippen LogP contribution >= 0.6 is 0 Å². The van der Waals surface area contributed by atoms with E-state index in [1.54, 1.807) is 4.90 Å². The Balaban J connectivity index is 2.31. The summed E-state index contributed by atoms with van der Waals surface area (Å²) < 4.78 is 0. The smallest absolute Gasteiger partial charge is 0.299 e. The number of aryl methyl sites for hydroxylation is 2. The predicted octanol–water partition coefficient (Wildman–Crippen LogP) is 3.27. The second-order valence-corrected chi connectivity index (χ2v) is 5.74. The lowest BCUT2D eigenvalue weighted by Gasteiger charge is -2.19. The first-order valence-electron chi connectivity index (χ1n) is 6.90. The molecule has 1 aromatic rings. The van der Waals surface area contributed by atoms with Gasteiger partial charge in [-0.15, -0.1) is 0 Å². The molecule has 102 valence electrons. The van der Waals surface area contributed by atoms with E-state index in [-0.39, 0.29) is 11.7 Å². The second kappa shape index (κ2) is 5.16. The fraction of sp³-hybridized carbons (Fsp3) is 0.500. The van der Waals surface area contributed by atoms with Crippen LogP contribution < -0.4 is 4.90 Å². The number of carbonyl (C=O) groups is 2. The Morgan fingerprint density at radius 2 is 1.74 bits per heavy atom. The molecule has 1 aliphatic rings. The number of amides is 1. The van der Waals surface area contributed by atoms with Crippen LogP contribution in [-0.2, 0) is 4.79 Å². The summed E-state index contributed by atoms with van der Waals surface area (Å²) in [6.45, 7) is 8.82. The van der Waals surface area contributed by atoms with E-state index in [1.807, 2.05) is 26.0 Å². The third-order valence-electron chi connectivity index (χ3n) is 3.69. The van der Waals surface area contributed by atoms with Gasteiger partial charge in [0.15, 0.2) is 0 Å². The predicted molar refractivity (Wildman–Crippen MR) is 76.7 cm³/mol. The number of ketones is 1. The monoisotopic (exact) mass is 259 g/mol. The van der Waals surface area contributed by atoms with Crippen LogP contribution in [0.15, 0.2) is 12.1 Å². The van der Waals surface area contributed by atoms with Crippen LogP contribution in [0.25, 0.3) is 0 Å². The Morgan fingerprint density at radius 1 is 1.11 bits per heavy atom. The molecule has 1 aliphatic heterocycles. The number of fused-ring (bicyclic) bond motifs is 1. The molecule has 19 heavy (non-hydrogen) atoms. The van der Waals surface area contributed by atoms with Crippen molar-refractivity contribution in [2.75, 3.05) is 11.4 Å². The van der Waals surface area contributed by atoms with Crippen molar-refractivity contribution in [3.05, 3.63) is 28.8 Å². The van der Waals surface area contributed by atoms with Crippen LogP contribution in [-0.4, -0.2) is 18.2 Å². The number of carbonyl (C=O) groups excluding carboxylic acids is 2. The minimum atomic E-state index is -0.365. The Kier molecular flexibility index (Phi) is 3.74. The molecule has 3 nitrogen and oxygen atoms in total. The van der Waals surface area contributed by atoms with Gasteiger partial charge < -0.3 is 4.90 Å². The van der Waals surface area contributed by atoms with Gasteiger partial charge in [-0.25, -0.2) is 0 Å². The first kappa shape index (κ1) is 13.8. The normalized spacial score (nSPS) is 14.5. The van der Waals surface area contributed by atoms with Gasteiger partial charge in [0.05, 0.1) is 11.3 Å². The molecule has 1 heterocycles. The maximum absolute atomic E-state index is 12.1. The summed E-state index contributed by atoms with van der Waals surface area (Å²) in [5.41, 5.74) is 3.34. The molecule has 0 aliphatic carbocycles. The van der Waals surface area contributed by atoms with Crippen LogP contribution in [0.3, 0.4) is 0 Å². The summed E-state index contributed by atoms with van der Waals surface area (Å²) >= 11 is 0. The molecule has 0 bridgehead atoms. The maximum Gasteiger partial charge on any atom is 0.299 e. The number of hydrogen-bond acceptors (Lipinski definition) is 2. The molecule has 0 N–H and O–H groups in total. The zero-order valence-electron chi connectivity index (χ0n) is 12.1. The number of anilines is 1. The molecule has 1 amide bonds. The zero-order valence-corrected chi connectivity index (χ0v) is 12.1. The van der Waals surface area contributed by atoms with Crippen molar-refractivity contribution in [2.45, 2.75) is 40.5 Å². The van der Waals surface area contributed by atoms with E-state index < -0.39 is 0 Å². The number of Topliss-reactive ketones (excluding diaryl/α,β-unsaturated/α-hetero) is 1. The van der Waals surface area contributed by atoms with E-state index in [0.717, 1.165) is 29.7 Å². The van der Waals surface area contributed by atoms with Gasteiger partial charge in [0.2, 0.25) is 0 Å². The molecule has 0 saturated carbocycles. The van der Waals surface area contributed by atoms with Crippen LogP contribution in [0.1, 0.15) is 48.2 Å². The highest BCUT2D eigenvalue weighted by Crippen LogP contribution is 2.34. The number of hydrogen-bond donors (Lipinski definition) is 0. The molecule has 3 heteroatoms. The molecule has 0 radical (unpaired) electrons. The minimum absolute atomic E-state index is 0.347. The van der Waals surface area contributed by atoms with Crippen LogP contribution in [0, 0.1) is 19.8 Å². The van der Waals surface area contributed by atoms with Gasteiger partial charge in [-0.1, -0.05) is 26.0 Å². The summed E-state index contributed by atoms with van der Waals surface area (Å²) in [7, 11) is 0. The highest BCUT2D eigenvalue weighted by Gasteiger charge is 2.37. The Labute approximate surface area is 114 Å². The fourth-order valence-electron chi connectivity index (χ4n) is 2.63. The first-order valence-corrected chi connectivity index (χ1v) is 6.90. The Hall–Kier alpha value is -1.64. The number of rotatable bonds is 4. The van der Waals surface area contributed by atoms with E-state index in [0.29, 0.717) is 18.0 Å². The summed E-state index contributed by atoms with van der Waals surface area (Å²) in [4.78, 5) is 25.9. The molecule has 0 aromatic heterocycles. The second-order valence-electron chi connectivity index (χ2n) is 5.74. The molecular formula is C16H21NO2. The quantitative estimate of drug-likeness (QED) is 0.778. The van der Waals surface area contributed by atoms with E-state index in [1.165, 1.54) is 0 Å². The average molecular weight is 259 g/mol. The van der Waals surface area contributed by atoms with Crippen molar-refractivity contribution in [1.29, 1.82) is 0 Å². The number of nitrogens with zero attached hydrogens (tertiary/aromatic N) is 1. The van der Waals surface area contributed by atoms with Crippen molar-refractivity contribution in [3.8, 4) is 0 Å². The first-order chi connectivity index (χ1) is 8.93. The fourth-order valence-corrected chi connectivity index (χ4v) is 2.63. The highest BCUT2D eigenvalue weighted by molar-refractivity contribution is 6.52. The van der Waals surface area contributed by atoms with Crippen molar-refractivity contribution in [2.24, 2.45) is 5.92 Å². The molecule has 0 atom stereocenters. The van der Waals surface area contributed by atoms with Crippen molar-refractivity contribution < 1.29 is 9.59 Å². The van der Waals surface area contributed by atoms with Gasteiger partial charge in [-0.2, -0.15) is 0 Å². The molecule has 1 aromatic carbocycles. The van der Waals surface area contributed by atoms with Crippen LogP contribution in [0.2, 0.25) is 0 Å². The van der Waals surface area contributed by atoms with Gasteiger partial charge in [0, 0.05) is 6.54 Å².